The molecule has 0 saturated heterocycles. The van der Waals surface area contributed by atoms with Gasteiger partial charge < -0.3 is 20.4 Å². The number of hydrogen-bond acceptors (Lipinski definition) is 6. The molecule has 8 heteroatoms. The van der Waals surface area contributed by atoms with E-state index >= 15 is 0 Å². The van der Waals surface area contributed by atoms with Gasteiger partial charge in [-0.05, 0) is 48.5 Å². The fraction of sp³-hybridized carbons (Fsp3) is 0. The smallest absolute Gasteiger partial charge is 0.141 e. The Kier molecular flexibility index (Phi) is 12.2. The summed E-state index contributed by atoms with van der Waals surface area (Å²) in [6, 6.07) is 27.4. The molecule has 0 spiro atoms. The normalized spacial score (nSPS) is 10.1. The van der Waals surface area contributed by atoms with Crippen LogP contribution in [0.3, 0.4) is 0 Å². The van der Waals surface area contributed by atoms with Crippen LogP contribution in [0, 0.1) is 0 Å². The molecule has 0 aliphatic rings. The summed E-state index contributed by atoms with van der Waals surface area (Å²) in [5, 5.41) is 38.0. The van der Waals surface area contributed by atoms with Gasteiger partial charge in [-0.2, -0.15) is 0 Å². The molecule has 4 aromatic carbocycles. The van der Waals surface area contributed by atoms with E-state index in [1.54, 1.807) is 84.9 Å². The third-order valence-electron chi connectivity index (χ3n) is 4.32. The van der Waals surface area contributed by atoms with Crippen molar-refractivity contribution < 1.29 is 54.6 Å². The molecule has 34 heavy (non-hydrogen) atoms. The summed E-state index contributed by atoms with van der Waals surface area (Å²) in [6.45, 7) is 0. The van der Waals surface area contributed by atoms with Crippen molar-refractivity contribution in [2.45, 2.75) is 0 Å². The largest absolute Gasteiger partial charge is 0.507 e. The minimum atomic E-state index is 0. The minimum Gasteiger partial charge on any atom is -0.507 e. The second-order valence-corrected chi connectivity index (χ2v) is 6.61. The zero-order chi connectivity index (χ0) is 22.8. The summed E-state index contributed by atoms with van der Waals surface area (Å²) < 4.78 is 0. The van der Waals surface area contributed by atoms with E-state index in [2.05, 4.69) is 9.98 Å². The monoisotopic (exact) mass is 536 g/mol. The van der Waals surface area contributed by atoms with Gasteiger partial charge in [0.25, 0.3) is 0 Å². The number of aliphatic imine (C=N–C) groups is 2. The zero-order valence-corrected chi connectivity index (χ0v) is 20.2. The molecule has 0 fully saturated rings. The molecule has 174 valence electrons. The summed E-state index contributed by atoms with van der Waals surface area (Å²) in [7, 11) is 0. The van der Waals surface area contributed by atoms with Crippen LogP contribution in [-0.2, 0) is 34.1 Å². The van der Waals surface area contributed by atoms with E-state index in [0.29, 0.717) is 22.5 Å². The first-order valence-electron chi connectivity index (χ1n) is 9.74. The van der Waals surface area contributed by atoms with Crippen molar-refractivity contribution in [3.05, 3.63) is 108 Å². The molecule has 0 heterocycles. The van der Waals surface area contributed by atoms with E-state index < -0.39 is 0 Å². The fourth-order valence-electron chi connectivity index (χ4n) is 2.62. The Morgan fingerprint density at radius 2 is 0.706 bits per heavy atom. The molecule has 4 aromatic rings. The molecule has 0 bridgehead atoms. The van der Waals surface area contributed by atoms with E-state index in [9.17, 15) is 20.4 Å². The van der Waals surface area contributed by atoms with Crippen molar-refractivity contribution in [2.24, 2.45) is 9.98 Å². The van der Waals surface area contributed by atoms with Gasteiger partial charge in [0.15, 0.2) is 0 Å². The van der Waals surface area contributed by atoms with Crippen LogP contribution in [0.5, 0.6) is 23.0 Å². The van der Waals surface area contributed by atoms with Crippen molar-refractivity contribution >= 4 is 23.8 Å². The summed E-state index contributed by atoms with van der Waals surface area (Å²) in [5.41, 5.74) is 2.19. The number of aromatic hydroxyl groups is 4. The molecular formula is C26H22Mn2N2O4. The van der Waals surface area contributed by atoms with Gasteiger partial charge in [0, 0.05) is 57.7 Å². The van der Waals surface area contributed by atoms with Gasteiger partial charge in [0.1, 0.15) is 34.4 Å². The van der Waals surface area contributed by atoms with Crippen molar-refractivity contribution in [3.8, 4) is 23.0 Å². The van der Waals surface area contributed by atoms with Gasteiger partial charge in [0.05, 0.1) is 0 Å². The summed E-state index contributed by atoms with van der Waals surface area (Å²) in [5.74, 6) is 0.576. The van der Waals surface area contributed by atoms with Crippen LogP contribution >= 0.6 is 0 Å². The first kappa shape index (κ1) is 28.5. The van der Waals surface area contributed by atoms with Crippen LogP contribution in [0.4, 0.5) is 11.4 Å². The molecule has 0 atom stereocenters. The second kappa shape index (κ2) is 14.6. The molecule has 0 aliphatic heterocycles. The predicted octanol–water partition coefficient (Wildman–Crippen LogP) is 5.69. The Balaban J connectivity index is 0.000000321. The molecule has 4 rings (SSSR count). The Bertz CT molecular complexity index is 1050. The Hall–Kier alpha value is -3.54. The number of phenolic OH excluding ortho intramolecular Hbond substituents is 4. The number of para-hydroxylation sites is 6. The van der Waals surface area contributed by atoms with Gasteiger partial charge in [0.2, 0.25) is 0 Å². The molecule has 0 saturated carbocycles. The molecular weight excluding hydrogens is 514 g/mol. The first-order valence-corrected chi connectivity index (χ1v) is 9.74. The van der Waals surface area contributed by atoms with Gasteiger partial charge in [-0.1, -0.05) is 48.5 Å². The minimum absolute atomic E-state index is 0. The second-order valence-electron chi connectivity index (χ2n) is 6.61. The third-order valence-corrected chi connectivity index (χ3v) is 4.32. The molecule has 2 radical (unpaired) electrons. The van der Waals surface area contributed by atoms with Crippen molar-refractivity contribution in [2.75, 3.05) is 0 Å². The number of nitrogens with zero attached hydrogens (tertiary/aromatic N) is 2. The van der Waals surface area contributed by atoms with Crippen LogP contribution in [0.2, 0.25) is 0 Å². The van der Waals surface area contributed by atoms with E-state index in [0.717, 1.165) is 0 Å². The van der Waals surface area contributed by atoms with Crippen molar-refractivity contribution in [1.29, 1.82) is 0 Å². The Labute approximate surface area is 218 Å². The van der Waals surface area contributed by atoms with Gasteiger partial charge in [-0.15, -0.1) is 0 Å². The molecule has 4 N–H and O–H groups in total. The van der Waals surface area contributed by atoms with Crippen molar-refractivity contribution in [1.82, 2.24) is 0 Å². The van der Waals surface area contributed by atoms with E-state index in [1.807, 2.05) is 12.1 Å². The maximum absolute atomic E-state index is 9.50. The molecule has 0 aromatic heterocycles. The molecule has 0 amide bonds. The quantitative estimate of drug-likeness (QED) is 0.199. The SMILES string of the molecule is Oc1ccccc1C=Nc1ccccc1O.Oc1ccccc1C=Nc1ccccc1O.[Mn].[Mn]. The van der Waals surface area contributed by atoms with E-state index in [4.69, 9.17) is 0 Å². The number of benzene rings is 4. The maximum atomic E-state index is 9.50. The van der Waals surface area contributed by atoms with Gasteiger partial charge >= 0.3 is 0 Å². The predicted molar refractivity (Wildman–Crippen MR) is 127 cm³/mol. The standard InChI is InChI=1S/2C13H11NO2.2Mn/c2*15-12-7-3-1-5-10(12)9-14-11-6-2-4-8-13(11)16;;/h2*1-9,15-16H;;. The van der Waals surface area contributed by atoms with E-state index in [-0.39, 0.29) is 57.1 Å². The van der Waals surface area contributed by atoms with Gasteiger partial charge in [-0.3, -0.25) is 9.98 Å². The van der Waals surface area contributed by atoms with Gasteiger partial charge in [-0.25, -0.2) is 0 Å². The number of phenols is 4. The average molecular weight is 536 g/mol. The number of rotatable bonds is 4. The number of hydrogen-bond donors (Lipinski definition) is 4. The van der Waals surface area contributed by atoms with Crippen LogP contribution in [0.25, 0.3) is 0 Å². The Morgan fingerprint density at radius 1 is 0.412 bits per heavy atom. The first-order chi connectivity index (χ1) is 15.5. The summed E-state index contributed by atoms with van der Waals surface area (Å²) >= 11 is 0. The van der Waals surface area contributed by atoms with Crippen LogP contribution < -0.4 is 0 Å². The summed E-state index contributed by atoms with van der Waals surface area (Å²) in [6.07, 6.45) is 3.04. The zero-order valence-electron chi connectivity index (χ0n) is 17.8. The van der Waals surface area contributed by atoms with Crippen LogP contribution in [0.1, 0.15) is 11.1 Å². The molecule has 6 nitrogen and oxygen atoms in total. The molecule has 0 aliphatic carbocycles. The van der Waals surface area contributed by atoms with Crippen LogP contribution in [-0.4, -0.2) is 32.9 Å². The van der Waals surface area contributed by atoms with Crippen LogP contribution in [0.15, 0.2) is 107 Å². The maximum Gasteiger partial charge on any atom is 0.141 e. The Morgan fingerprint density at radius 3 is 1.03 bits per heavy atom. The third kappa shape index (κ3) is 8.43. The topological polar surface area (TPSA) is 106 Å². The average Bonchev–Trinajstić information content (AvgIpc) is 2.80. The van der Waals surface area contributed by atoms with E-state index in [1.165, 1.54) is 12.4 Å². The van der Waals surface area contributed by atoms with Crippen molar-refractivity contribution in [3.63, 3.8) is 0 Å². The fourth-order valence-corrected chi connectivity index (χ4v) is 2.62. The summed E-state index contributed by atoms with van der Waals surface area (Å²) in [4.78, 5) is 8.20. The molecule has 0 unspecified atom stereocenters.